The van der Waals surface area contributed by atoms with Crippen molar-refractivity contribution in [3.63, 3.8) is 0 Å². The average Bonchev–Trinajstić information content (AvgIpc) is 3.29. The molecule has 1 saturated heterocycles. The third kappa shape index (κ3) is 4.93. The molecule has 1 aromatic heterocycles. The molecule has 1 aromatic carbocycles. The number of likely N-dealkylation sites (N-methyl/N-ethyl adjacent to an activating group) is 1. The normalized spacial score (nSPS) is 17.9. The molecular weight excluding hydrogens is 348 g/mol. The highest BCUT2D eigenvalue weighted by Crippen LogP contribution is 2.18. The van der Waals surface area contributed by atoms with Gasteiger partial charge in [-0.25, -0.2) is 9.67 Å². The van der Waals surface area contributed by atoms with Gasteiger partial charge in [0.05, 0.1) is 17.9 Å². The van der Waals surface area contributed by atoms with Crippen molar-refractivity contribution in [1.29, 1.82) is 0 Å². The van der Waals surface area contributed by atoms with Gasteiger partial charge in [-0.15, -0.1) is 0 Å². The van der Waals surface area contributed by atoms with Crippen LogP contribution in [-0.4, -0.2) is 52.9 Å². The molecule has 0 amide bonds. The Morgan fingerprint density at radius 1 is 1.21 bits per heavy atom. The minimum atomic E-state index is 0.607. The van der Waals surface area contributed by atoms with Crippen LogP contribution in [0.15, 0.2) is 35.3 Å². The van der Waals surface area contributed by atoms with Crippen LogP contribution in [0.4, 0.5) is 0 Å². The molecule has 3 rings (SSSR count). The summed E-state index contributed by atoms with van der Waals surface area (Å²) in [6.45, 7) is 13.2. The van der Waals surface area contributed by atoms with Gasteiger partial charge in [-0.05, 0) is 64.4 Å². The van der Waals surface area contributed by atoms with Crippen molar-refractivity contribution in [3.8, 4) is 5.69 Å². The van der Waals surface area contributed by atoms with Crippen LogP contribution in [0.25, 0.3) is 5.69 Å². The zero-order valence-electron chi connectivity index (χ0n) is 17.7. The number of aromatic nitrogens is 2. The van der Waals surface area contributed by atoms with Crippen molar-refractivity contribution in [3.05, 3.63) is 47.3 Å². The molecule has 1 atom stereocenters. The van der Waals surface area contributed by atoms with Crippen LogP contribution in [0.3, 0.4) is 0 Å². The first kappa shape index (κ1) is 20.4. The number of para-hydroxylation sites is 1. The third-order valence-electron chi connectivity index (χ3n) is 5.39. The Labute approximate surface area is 169 Å². The van der Waals surface area contributed by atoms with E-state index in [0.717, 1.165) is 42.7 Å². The van der Waals surface area contributed by atoms with E-state index in [-0.39, 0.29) is 0 Å². The predicted octanol–water partition coefficient (Wildman–Crippen LogP) is 3.03. The van der Waals surface area contributed by atoms with Crippen molar-refractivity contribution in [1.82, 2.24) is 25.3 Å². The van der Waals surface area contributed by atoms with E-state index in [4.69, 9.17) is 4.99 Å². The van der Waals surface area contributed by atoms with Gasteiger partial charge in [-0.2, -0.15) is 5.10 Å². The molecule has 6 heteroatoms. The van der Waals surface area contributed by atoms with Crippen molar-refractivity contribution in [2.24, 2.45) is 4.99 Å². The molecule has 2 heterocycles. The lowest BCUT2D eigenvalue weighted by atomic mass is 10.2. The Balaban J connectivity index is 1.72. The molecule has 1 fully saturated rings. The standard InChI is InChI=1S/C22H34N6/c1-5-23-22(25-16-20-11-9-13-27(20)6-2)24-15-19-10-7-8-12-21(19)28-18(4)14-17(3)26-28/h7-8,10,12,14,20H,5-6,9,11,13,15-16H2,1-4H3,(H2,23,24,25). The van der Waals surface area contributed by atoms with Crippen LogP contribution in [-0.2, 0) is 6.54 Å². The zero-order valence-corrected chi connectivity index (χ0v) is 17.7. The molecule has 0 radical (unpaired) electrons. The monoisotopic (exact) mass is 382 g/mol. The SMILES string of the molecule is CCNC(=NCc1ccccc1-n1nc(C)cc1C)NCC1CCCN1CC. The highest BCUT2D eigenvalue weighted by atomic mass is 15.3. The van der Waals surface area contributed by atoms with E-state index in [1.54, 1.807) is 0 Å². The number of aliphatic imine (C=N–C) groups is 1. The van der Waals surface area contributed by atoms with E-state index in [1.165, 1.54) is 24.9 Å². The van der Waals surface area contributed by atoms with Crippen molar-refractivity contribution in [2.45, 2.75) is 53.1 Å². The highest BCUT2D eigenvalue weighted by molar-refractivity contribution is 5.79. The second kappa shape index (κ2) is 9.73. The summed E-state index contributed by atoms with van der Waals surface area (Å²) in [6, 6.07) is 11.1. The van der Waals surface area contributed by atoms with Gasteiger partial charge in [0.2, 0.25) is 0 Å². The minimum Gasteiger partial charge on any atom is -0.357 e. The predicted molar refractivity (Wildman–Crippen MR) is 116 cm³/mol. The van der Waals surface area contributed by atoms with E-state index in [2.05, 4.69) is 71.7 Å². The number of hydrogen-bond acceptors (Lipinski definition) is 3. The Morgan fingerprint density at radius 2 is 2.04 bits per heavy atom. The lowest BCUT2D eigenvalue weighted by Crippen LogP contribution is -2.44. The average molecular weight is 383 g/mol. The number of rotatable bonds is 7. The maximum Gasteiger partial charge on any atom is 0.191 e. The number of likely N-dealkylation sites (tertiary alicyclic amines) is 1. The first-order valence-electron chi connectivity index (χ1n) is 10.5. The van der Waals surface area contributed by atoms with Gasteiger partial charge in [0.15, 0.2) is 5.96 Å². The topological polar surface area (TPSA) is 57.5 Å². The molecule has 0 bridgehead atoms. The Bertz CT molecular complexity index is 794. The number of aryl methyl sites for hydroxylation is 2. The minimum absolute atomic E-state index is 0.607. The number of nitrogens with zero attached hydrogens (tertiary/aromatic N) is 4. The highest BCUT2D eigenvalue weighted by Gasteiger charge is 2.22. The van der Waals surface area contributed by atoms with Gasteiger partial charge in [-0.3, -0.25) is 4.90 Å². The summed E-state index contributed by atoms with van der Waals surface area (Å²) < 4.78 is 2.01. The molecule has 1 aliphatic heterocycles. The van der Waals surface area contributed by atoms with Crippen molar-refractivity contribution >= 4 is 5.96 Å². The van der Waals surface area contributed by atoms with Gasteiger partial charge in [0.25, 0.3) is 0 Å². The summed E-state index contributed by atoms with van der Waals surface area (Å²) in [5.74, 6) is 0.883. The summed E-state index contributed by atoms with van der Waals surface area (Å²) in [5.41, 5.74) is 4.44. The first-order valence-corrected chi connectivity index (χ1v) is 10.5. The first-order chi connectivity index (χ1) is 13.6. The smallest absolute Gasteiger partial charge is 0.191 e. The molecule has 0 spiro atoms. The van der Waals surface area contributed by atoms with Gasteiger partial charge >= 0.3 is 0 Å². The maximum absolute atomic E-state index is 4.85. The Morgan fingerprint density at radius 3 is 2.75 bits per heavy atom. The van der Waals surface area contributed by atoms with E-state index >= 15 is 0 Å². The van der Waals surface area contributed by atoms with E-state index < -0.39 is 0 Å². The summed E-state index contributed by atoms with van der Waals surface area (Å²) >= 11 is 0. The Kier molecular flexibility index (Phi) is 7.09. The van der Waals surface area contributed by atoms with Crippen LogP contribution in [0.2, 0.25) is 0 Å². The second-order valence-electron chi connectivity index (χ2n) is 7.47. The quantitative estimate of drug-likeness (QED) is 0.571. The second-order valence-corrected chi connectivity index (χ2v) is 7.47. The van der Waals surface area contributed by atoms with Crippen molar-refractivity contribution < 1.29 is 0 Å². The van der Waals surface area contributed by atoms with Crippen LogP contribution < -0.4 is 10.6 Å². The molecular formula is C22H34N6. The fourth-order valence-electron chi connectivity index (χ4n) is 3.99. The molecule has 2 N–H and O–H groups in total. The van der Waals surface area contributed by atoms with Crippen LogP contribution in [0.1, 0.15) is 43.6 Å². The molecule has 1 aliphatic rings. The van der Waals surface area contributed by atoms with Gasteiger partial charge in [0.1, 0.15) is 0 Å². The molecule has 6 nitrogen and oxygen atoms in total. The van der Waals surface area contributed by atoms with E-state index in [1.807, 2.05) is 11.6 Å². The van der Waals surface area contributed by atoms with Crippen LogP contribution >= 0.6 is 0 Å². The number of hydrogen-bond donors (Lipinski definition) is 2. The van der Waals surface area contributed by atoms with E-state index in [0.29, 0.717) is 12.6 Å². The Hall–Kier alpha value is -2.34. The number of benzene rings is 1. The fraction of sp³-hybridized carbons (Fsp3) is 0.545. The van der Waals surface area contributed by atoms with Crippen LogP contribution in [0, 0.1) is 13.8 Å². The van der Waals surface area contributed by atoms with Gasteiger partial charge in [0, 0.05) is 24.8 Å². The molecule has 2 aromatic rings. The lowest BCUT2D eigenvalue weighted by molar-refractivity contribution is 0.267. The summed E-state index contributed by atoms with van der Waals surface area (Å²) in [6.07, 6.45) is 2.56. The largest absolute Gasteiger partial charge is 0.357 e. The molecule has 1 unspecified atom stereocenters. The summed E-state index contributed by atoms with van der Waals surface area (Å²) in [7, 11) is 0. The van der Waals surface area contributed by atoms with Gasteiger partial charge < -0.3 is 10.6 Å². The number of nitrogens with one attached hydrogen (secondary N) is 2. The zero-order chi connectivity index (χ0) is 19.9. The summed E-state index contributed by atoms with van der Waals surface area (Å²) in [5, 5.41) is 11.6. The van der Waals surface area contributed by atoms with Crippen LogP contribution in [0.5, 0.6) is 0 Å². The number of guanidine groups is 1. The molecule has 0 aliphatic carbocycles. The van der Waals surface area contributed by atoms with E-state index in [9.17, 15) is 0 Å². The molecule has 152 valence electrons. The summed E-state index contributed by atoms with van der Waals surface area (Å²) in [4.78, 5) is 7.40. The molecule has 28 heavy (non-hydrogen) atoms. The lowest BCUT2D eigenvalue weighted by Gasteiger charge is -2.24. The fourth-order valence-corrected chi connectivity index (χ4v) is 3.99. The third-order valence-corrected chi connectivity index (χ3v) is 5.39. The molecule has 0 saturated carbocycles. The maximum atomic E-state index is 4.85. The van der Waals surface area contributed by atoms with Crippen molar-refractivity contribution in [2.75, 3.05) is 26.2 Å². The van der Waals surface area contributed by atoms with Gasteiger partial charge in [-0.1, -0.05) is 25.1 Å².